The molecule has 2 saturated heterocycles. The molecular formula is C35H44N8O5S. The number of morpholine rings is 1. The number of nitrogens with zero attached hydrogens (tertiary/aromatic N) is 7. The first-order valence-corrected chi connectivity index (χ1v) is 17.5. The van der Waals surface area contributed by atoms with Gasteiger partial charge in [-0.25, -0.2) is 14.8 Å². The van der Waals surface area contributed by atoms with E-state index in [4.69, 9.17) is 19.4 Å². The van der Waals surface area contributed by atoms with Crippen LogP contribution in [0.2, 0.25) is 0 Å². The number of piperazine rings is 1. The third-order valence-electron chi connectivity index (χ3n) is 8.52. The number of benzene rings is 1. The Morgan fingerprint density at radius 2 is 1.84 bits per heavy atom. The summed E-state index contributed by atoms with van der Waals surface area (Å²) in [6.45, 7) is 12.0. The van der Waals surface area contributed by atoms with Crippen LogP contribution in [0.4, 0.5) is 10.6 Å². The summed E-state index contributed by atoms with van der Waals surface area (Å²) in [4.78, 5) is 56.6. The summed E-state index contributed by atoms with van der Waals surface area (Å²) in [7, 11) is 1.62. The zero-order valence-corrected chi connectivity index (χ0v) is 29.4. The van der Waals surface area contributed by atoms with E-state index in [-0.39, 0.29) is 31.1 Å². The molecule has 2 fully saturated rings. The fraction of sp³-hybridized carbons (Fsp3) is 0.486. The van der Waals surface area contributed by atoms with E-state index in [9.17, 15) is 14.4 Å². The molecule has 0 bridgehead atoms. The van der Waals surface area contributed by atoms with Gasteiger partial charge in [0.2, 0.25) is 5.91 Å². The minimum Gasteiger partial charge on any atom is -0.444 e. The molecule has 0 radical (unpaired) electrons. The minimum absolute atomic E-state index is 0.0141. The van der Waals surface area contributed by atoms with Crippen LogP contribution in [-0.2, 0) is 25.6 Å². The molecule has 14 heteroatoms. The molecular weight excluding hydrogens is 645 g/mol. The second kappa shape index (κ2) is 15.0. The van der Waals surface area contributed by atoms with E-state index in [2.05, 4.69) is 26.1 Å². The molecule has 4 aromatic rings. The Morgan fingerprint density at radius 1 is 1.06 bits per heavy atom. The Morgan fingerprint density at radius 3 is 2.59 bits per heavy atom. The predicted octanol–water partition coefficient (Wildman–Crippen LogP) is 4.49. The standard InChI is InChI=1S/C35H44N8O5S/c1-35(2,3)48-34(46)40(4)12-6-7-24(44)10-11-30(45)42-15-13-41(14-16-42)23-25-21-29-31(49-25)33(43-17-19-47-20-18-43)38-32(37-29)26-8-5-9-28-27(26)22-36-39-28/h5-9,21-22H,10-20,23H2,1-4H3,(H,36,39)/b7-6+. The topological polar surface area (TPSA) is 137 Å². The number of aromatic nitrogens is 4. The van der Waals surface area contributed by atoms with E-state index in [1.54, 1.807) is 45.2 Å². The van der Waals surface area contributed by atoms with Crippen LogP contribution >= 0.6 is 11.3 Å². The van der Waals surface area contributed by atoms with Gasteiger partial charge in [0.15, 0.2) is 17.4 Å². The van der Waals surface area contributed by atoms with Gasteiger partial charge in [0, 0.05) is 88.1 Å². The molecule has 0 saturated carbocycles. The largest absolute Gasteiger partial charge is 0.444 e. The van der Waals surface area contributed by atoms with Crippen molar-refractivity contribution in [2.45, 2.75) is 45.8 Å². The molecule has 0 atom stereocenters. The molecule has 13 nitrogen and oxygen atoms in total. The molecule has 0 unspecified atom stereocenters. The van der Waals surface area contributed by atoms with Gasteiger partial charge in [0.1, 0.15) is 5.60 Å². The number of rotatable bonds is 10. The number of thiophene rings is 1. The van der Waals surface area contributed by atoms with Gasteiger partial charge in [0.25, 0.3) is 0 Å². The molecule has 1 aromatic carbocycles. The van der Waals surface area contributed by atoms with Gasteiger partial charge in [-0.05, 0) is 39.0 Å². The maximum Gasteiger partial charge on any atom is 0.410 e. The van der Waals surface area contributed by atoms with Crippen molar-refractivity contribution in [3.8, 4) is 11.4 Å². The average molecular weight is 689 g/mol. The number of ether oxygens (including phenoxy) is 2. The van der Waals surface area contributed by atoms with Gasteiger partial charge >= 0.3 is 6.09 Å². The number of carbonyl (C=O) groups excluding carboxylic acids is 3. The van der Waals surface area contributed by atoms with Crippen LogP contribution in [0, 0.1) is 0 Å². The average Bonchev–Trinajstić information content (AvgIpc) is 3.73. The lowest BCUT2D eigenvalue weighted by atomic mass is 10.1. The molecule has 49 heavy (non-hydrogen) atoms. The molecule has 0 aliphatic carbocycles. The summed E-state index contributed by atoms with van der Waals surface area (Å²) in [6.07, 6.45) is 4.73. The first-order chi connectivity index (χ1) is 23.5. The lowest BCUT2D eigenvalue weighted by molar-refractivity contribution is -0.134. The number of nitrogens with one attached hydrogen (secondary N) is 1. The fourth-order valence-electron chi connectivity index (χ4n) is 5.92. The molecule has 3 aromatic heterocycles. The Bertz CT molecular complexity index is 1830. The van der Waals surface area contributed by atoms with Crippen molar-refractivity contribution in [3.63, 3.8) is 0 Å². The number of hydrogen-bond donors (Lipinski definition) is 1. The van der Waals surface area contributed by atoms with Crippen LogP contribution < -0.4 is 4.90 Å². The second-order valence-corrected chi connectivity index (χ2v) is 14.6. The molecule has 260 valence electrons. The highest BCUT2D eigenvalue weighted by atomic mass is 32.1. The summed E-state index contributed by atoms with van der Waals surface area (Å²) in [5.41, 5.74) is 2.23. The van der Waals surface area contributed by atoms with Gasteiger partial charge in [-0.1, -0.05) is 18.2 Å². The molecule has 0 spiro atoms. The predicted molar refractivity (Wildman–Crippen MR) is 190 cm³/mol. The van der Waals surface area contributed by atoms with Gasteiger partial charge in [-0.3, -0.25) is 19.6 Å². The number of likely N-dealkylation sites (N-methyl/N-ethyl adjacent to an activating group) is 1. The maximum atomic E-state index is 12.9. The Hall–Kier alpha value is -4.40. The lowest BCUT2D eigenvalue weighted by Gasteiger charge is -2.34. The number of anilines is 1. The number of ketones is 1. The van der Waals surface area contributed by atoms with Gasteiger partial charge < -0.3 is 24.2 Å². The third kappa shape index (κ3) is 8.61. The van der Waals surface area contributed by atoms with Crippen LogP contribution in [0.5, 0.6) is 0 Å². The maximum absolute atomic E-state index is 12.9. The number of carbonyl (C=O) groups is 3. The van der Waals surface area contributed by atoms with Crippen LogP contribution in [0.3, 0.4) is 0 Å². The van der Waals surface area contributed by atoms with Crippen LogP contribution in [0.25, 0.3) is 32.5 Å². The van der Waals surface area contributed by atoms with Crippen molar-refractivity contribution in [2.24, 2.45) is 0 Å². The van der Waals surface area contributed by atoms with Crippen molar-refractivity contribution in [1.29, 1.82) is 0 Å². The van der Waals surface area contributed by atoms with Gasteiger partial charge in [0.05, 0.1) is 35.1 Å². The van der Waals surface area contributed by atoms with Gasteiger partial charge in [-0.15, -0.1) is 11.3 Å². The van der Waals surface area contributed by atoms with Crippen molar-refractivity contribution >= 4 is 56.1 Å². The van der Waals surface area contributed by atoms with E-state index in [1.165, 1.54) is 15.9 Å². The molecule has 5 heterocycles. The number of allylic oxidation sites excluding steroid dienone is 1. The summed E-state index contributed by atoms with van der Waals surface area (Å²) < 4.78 is 12.0. The number of aromatic amines is 1. The van der Waals surface area contributed by atoms with E-state index < -0.39 is 11.7 Å². The summed E-state index contributed by atoms with van der Waals surface area (Å²) >= 11 is 1.73. The smallest absolute Gasteiger partial charge is 0.410 e. The normalized spacial score (nSPS) is 16.2. The Labute approximate surface area is 289 Å². The number of hydrogen-bond acceptors (Lipinski definition) is 11. The van der Waals surface area contributed by atoms with Crippen molar-refractivity contribution in [3.05, 3.63) is 47.5 Å². The fourth-order valence-corrected chi connectivity index (χ4v) is 7.07. The highest BCUT2D eigenvalue weighted by Crippen LogP contribution is 2.36. The van der Waals surface area contributed by atoms with Crippen molar-refractivity contribution < 1.29 is 23.9 Å². The van der Waals surface area contributed by atoms with Crippen LogP contribution in [-0.4, -0.2) is 124 Å². The molecule has 1 N–H and O–H groups in total. The molecule has 2 aliphatic rings. The Balaban J connectivity index is 1.04. The first-order valence-electron chi connectivity index (χ1n) is 16.7. The molecule has 2 amide bonds. The van der Waals surface area contributed by atoms with Crippen LogP contribution in [0.15, 0.2) is 42.6 Å². The van der Waals surface area contributed by atoms with E-state index >= 15 is 0 Å². The minimum atomic E-state index is -0.583. The van der Waals surface area contributed by atoms with Crippen molar-refractivity contribution in [1.82, 2.24) is 34.9 Å². The lowest BCUT2D eigenvalue weighted by Crippen LogP contribution is -2.48. The van der Waals surface area contributed by atoms with E-state index in [0.717, 1.165) is 65.2 Å². The second-order valence-electron chi connectivity index (χ2n) is 13.4. The van der Waals surface area contributed by atoms with E-state index in [0.29, 0.717) is 32.1 Å². The Kier molecular flexibility index (Phi) is 10.6. The van der Waals surface area contributed by atoms with Crippen molar-refractivity contribution in [2.75, 3.05) is 71.0 Å². The number of fused-ring (bicyclic) bond motifs is 2. The zero-order valence-electron chi connectivity index (χ0n) is 28.6. The van der Waals surface area contributed by atoms with Crippen LogP contribution in [0.1, 0.15) is 38.5 Å². The first kappa shape index (κ1) is 34.5. The zero-order chi connectivity index (χ0) is 34.5. The summed E-state index contributed by atoms with van der Waals surface area (Å²) in [5, 5.41) is 8.26. The number of H-pyrrole nitrogens is 1. The highest BCUT2D eigenvalue weighted by Gasteiger charge is 2.25. The molecule has 6 rings (SSSR count). The number of amides is 2. The van der Waals surface area contributed by atoms with Gasteiger partial charge in [-0.2, -0.15) is 5.10 Å². The monoisotopic (exact) mass is 688 g/mol. The SMILES string of the molecule is CN(C/C=C/C(=O)CCC(=O)N1CCN(Cc2cc3nc(-c4cccc5[nH]ncc45)nc(N4CCOCC4)c3s2)CC1)C(=O)OC(C)(C)C. The quantitative estimate of drug-likeness (QED) is 0.238. The summed E-state index contributed by atoms with van der Waals surface area (Å²) in [6, 6.07) is 8.20. The van der Waals surface area contributed by atoms with E-state index in [1.807, 2.05) is 29.3 Å². The molecule has 2 aliphatic heterocycles. The third-order valence-corrected chi connectivity index (χ3v) is 9.62. The highest BCUT2D eigenvalue weighted by molar-refractivity contribution is 7.19. The summed E-state index contributed by atoms with van der Waals surface area (Å²) in [5.74, 6) is 1.47.